The van der Waals surface area contributed by atoms with Crippen LogP contribution >= 0.6 is 0 Å². The molecule has 3 heterocycles. The van der Waals surface area contributed by atoms with Crippen LogP contribution in [-0.4, -0.2) is 140 Å². The molecule has 0 spiro atoms. The number of hydrogen-bond acceptors (Lipinski definition) is 18. The first kappa shape index (κ1) is 34.4. The number of methoxy groups -OCH3 is 2. The van der Waals surface area contributed by atoms with Gasteiger partial charge in [-0.05, 0) is 18.2 Å². The lowest BCUT2D eigenvalue weighted by atomic mass is 9.99. The average Bonchev–Trinajstić information content (AvgIpc) is 3.06. The molecule has 5 rings (SSSR count). The Hall–Kier alpha value is -3.95. The number of benzene rings is 2. The van der Waals surface area contributed by atoms with Gasteiger partial charge in [0, 0.05) is 11.6 Å². The predicted octanol–water partition coefficient (Wildman–Crippen LogP) is -2.75. The third kappa shape index (κ3) is 6.11. The van der Waals surface area contributed by atoms with Crippen molar-refractivity contribution in [3.63, 3.8) is 0 Å². The summed E-state index contributed by atoms with van der Waals surface area (Å²) in [6, 6.07) is 4.63. The standard InChI is InChI=1S/C29H34O18/c1-41-12-5-9(3-4-10(12)32)24-27(47-29-23(40)21(38)18(35)15(8-31)45-29)19(36)16-11(33)6-13(25(42-2)26(16)46-24)43-28-22(39)20(37)17(34)14(7-30)44-28/h3-6,14-15,17-18,20-23,28-35,37-40H,7-8H2,1-2H3/t14-,15-,17+,18+,20-,21+,22+,23-,28-,29+/m0/s1. The van der Waals surface area contributed by atoms with Crippen LogP contribution in [0.25, 0.3) is 22.3 Å². The molecule has 2 fully saturated rings. The van der Waals surface area contributed by atoms with E-state index in [0.29, 0.717) is 0 Å². The fourth-order valence-electron chi connectivity index (χ4n) is 5.25. The molecule has 18 heteroatoms. The summed E-state index contributed by atoms with van der Waals surface area (Å²) in [5, 5.41) is 102. The molecule has 2 aliphatic rings. The summed E-state index contributed by atoms with van der Waals surface area (Å²) in [5.74, 6) is -3.00. The molecule has 1 aromatic heterocycles. The molecular weight excluding hydrogens is 636 g/mol. The maximum absolute atomic E-state index is 14.1. The van der Waals surface area contributed by atoms with Crippen LogP contribution in [0.2, 0.25) is 0 Å². The number of phenols is 2. The first-order valence-corrected chi connectivity index (χ1v) is 14.1. The van der Waals surface area contributed by atoms with Crippen molar-refractivity contribution in [2.45, 2.75) is 61.4 Å². The Morgan fingerprint density at radius 1 is 0.681 bits per heavy atom. The Bertz CT molecular complexity index is 1640. The van der Waals surface area contributed by atoms with Gasteiger partial charge in [-0.15, -0.1) is 0 Å². The molecule has 0 radical (unpaired) electrons. The van der Waals surface area contributed by atoms with Gasteiger partial charge < -0.3 is 83.9 Å². The summed E-state index contributed by atoms with van der Waals surface area (Å²) in [7, 11) is 2.40. The van der Waals surface area contributed by atoms with E-state index >= 15 is 0 Å². The van der Waals surface area contributed by atoms with Gasteiger partial charge in [0.1, 0.15) is 60.0 Å². The van der Waals surface area contributed by atoms with E-state index in [1.54, 1.807) is 0 Å². The van der Waals surface area contributed by atoms with Crippen LogP contribution in [0.4, 0.5) is 0 Å². The number of aliphatic hydroxyl groups is 8. The second-order valence-electron chi connectivity index (χ2n) is 10.7. The fraction of sp³-hybridized carbons (Fsp3) is 0.483. The molecule has 10 atom stereocenters. The van der Waals surface area contributed by atoms with Crippen molar-refractivity contribution in [2.24, 2.45) is 0 Å². The highest BCUT2D eigenvalue weighted by molar-refractivity contribution is 5.93. The number of fused-ring (bicyclic) bond motifs is 1. The van der Waals surface area contributed by atoms with Crippen molar-refractivity contribution in [3.05, 3.63) is 34.5 Å². The van der Waals surface area contributed by atoms with E-state index in [9.17, 15) is 55.9 Å². The smallest absolute Gasteiger partial charge is 0.239 e. The van der Waals surface area contributed by atoms with E-state index in [2.05, 4.69) is 0 Å². The van der Waals surface area contributed by atoms with E-state index < -0.39 is 108 Å². The topological polar surface area (TPSA) is 288 Å². The lowest BCUT2D eigenvalue weighted by Crippen LogP contribution is -2.60. The third-order valence-corrected chi connectivity index (χ3v) is 7.84. The molecule has 47 heavy (non-hydrogen) atoms. The first-order valence-electron chi connectivity index (χ1n) is 14.1. The van der Waals surface area contributed by atoms with E-state index in [4.69, 9.17) is 32.8 Å². The van der Waals surface area contributed by atoms with Gasteiger partial charge in [0.05, 0.1) is 27.4 Å². The number of ether oxygens (including phenoxy) is 6. The summed E-state index contributed by atoms with van der Waals surface area (Å²) in [4.78, 5) is 14.1. The molecule has 0 saturated carbocycles. The molecule has 2 aliphatic heterocycles. The van der Waals surface area contributed by atoms with Crippen LogP contribution in [0.1, 0.15) is 0 Å². The van der Waals surface area contributed by atoms with Crippen LogP contribution in [0, 0.1) is 0 Å². The number of phenolic OH excluding ortho intramolecular Hbond substituents is 2. The van der Waals surface area contributed by atoms with E-state index in [0.717, 1.165) is 13.2 Å². The Labute approximate surface area is 264 Å². The Kier molecular flexibility index (Phi) is 9.99. The summed E-state index contributed by atoms with van der Waals surface area (Å²) < 4.78 is 38.8. The van der Waals surface area contributed by atoms with E-state index in [-0.39, 0.29) is 28.6 Å². The maximum Gasteiger partial charge on any atom is 0.239 e. The fourth-order valence-corrected chi connectivity index (χ4v) is 5.25. The van der Waals surface area contributed by atoms with Gasteiger partial charge in [0.15, 0.2) is 28.6 Å². The minimum Gasteiger partial charge on any atom is -0.507 e. The molecule has 2 aromatic carbocycles. The molecule has 10 N–H and O–H groups in total. The van der Waals surface area contributed by atoms with Crippen molar-refractivity contribution in [3.8, 4) is 45.8 Å². The highest BCUT2D eigenvalue weighted by Gasteiger charge is 2.47. The number of rotatable bonds is 9. The van der Waals surface area contributed by atoms with Gasteiger partial charge in [0.25, 0.3) is 0 Å². The molecule has 258 valence electrons. The average molecular weight is 671 g/mol. The highest BCUT2D eigenvalue weighted by Crippen LogP contribution is 2.45. The van der Waals surface area contributed by atoms with Gasteiger partial charge >= 0.3 is 0 Å². The molecule has 0 aliphatic carbocycles. The van der Waals surface area contributed by atoms with E-state index in [1.807, 2.05) is 0 Å². The normalized spacial score (nSPS) is 31.0. The number of aliphatic hydroxyl groups excluding tert-OH is 8. The predicted molar refractivity (Wildman–Crippen MR) is 153 cm³/mol. The minimum atomic E-state index is -1.94. The highest BCUT2D eigenvalue weighted by atomic mass is 16.7. The lowest BCUT2D eigenvalue weighted by Gasteiger charge is -2.39. The van der Waals surface area contributed by atoms with Gasteiger partial charge in [-0.1, -0.05) is 0 Å². The van der Waals surface area contributed by atoms with Crippen LogP contribution in [-0.2, 0) is 9.47 Å². The summed E-state index contributed by atoms with van der Waals surface area (Å²) in [6.07, 6.45) is -17.2. The van der Waals surface area contributed by atoms with Gasteiger partial charge in [0.2, 0.25) is 29.5 Å². The van der Waals surface area contributed by atoms with Crippen LogP contribution in [0.3, 0.4) is 0 Å². The zero-order chi connectivity index (χ0) is 34.3. The lowest BCUT2D eigenvalue weighted by molar-refractivity contribution is -0.277. The van der Waals surface area contributed by atoms with Gasteiger partial charge in [-0.3, -0.25) is 4.79 Å². The molecule has 2 saturated heterocycles. The monoisotopic (exact) mass is 670 g/mol. The molecule has 18 nitrogen and oxygen atoms in total. The third-order valence-electron chi connectivity index (χ3n) is 7.84. The Morgan fingerprint density at radius 2 is 1.26 bits per heavy atom. The van der Waals surface area contributed by atoms with Crippen molar-refractivity contribution in [1.82, 2.24) is 0 Å². The SMILES string of the molecule is COc1cc(-c2oc3c(OC)c(O[C@H]4O[C@@H](CO)[C@@H](O)[C@H](O)[C@H]4O)cc(O)c3c(=O)c2O[C@H]2O[C@@H](CO)[C@@H](O)[C@@H](O)[C@@H]2O)ccc1O. The second-order valence-corrected chi connectivity index (χ2v) is 10.7. The molecule has 0 bridgehead atoms. The van der Waals surface area contributed by atoms with Crippen LogP contribution < -0.4 is 24.4 Å². The molecular formula is C29H34O18. The largest absolute Gasteiger partial charge is 0.507 e. The zero-order valence-electron chi connectivity index (χ0n) is 24.7. The van der Waals surface area contributed by atoms with E-state index in [1.165, 1.54) is 25.3 Å². The van der Waals surface area contributed by atoms with Crippen molar-refractivity contribution in [2.75, 3.05) is 27.4 Å². The van der Waals surface area contributed by atoms with Crippen LogP contribution in [0.15, 0.2) is 33.5 Å². The van der Waals surface area contributed by atoms with Crippen molar-refractivity contribution in [1.29, 1.82) is 0 Å². The summed E-state index contributed by atoms with van der Waals surface area (Å²) >= 11 is 0. The molecule has 0 unspecified atom stereocenters. The minimum absolute atomic E-state index is 0.0278. The van der Waals surface area contributed by atoms with Crippen molar-refractivity contribution >= 4 is 11.0 Å². The summed E-state index contributed by atoms with van der Waals surface area (Å²) in [6.45, 7) is -1.55. The second kappa shape index (κ2) is 13.6. The summed E-state index contributed by atoms with van der Waals surface area (Å²) in [5.41, 5.74) is -1.51. The quantitative estimate of drug-likeness (QED) is 0.110. The van der Waals surface area contributed by atoms with Crippen LogP contribution in [0.5, 0.6) is 34.5 Å². The van der Waals surface area contributed by atoms with Gasteiger partial charge in [-0.2, -0.15) is 0 Å². The Morgan fingerprint density at radius 3 is 1.79 bits per heavy atom. The Balaban J connectivity index is 1.68. The number of aromatic hydroxyl groups is 2. The number of hydrogen-bond donors (Lipinski definition) is 10. The van der Waals surface area contributed by atoms with Gasteiger partial charge in [-0.25, -0.2) is 0 Å². The zero-order valence-corrected chi connectivity index (χ0v) is 24.7. The maximum atomic E-state index is 14.1. The van der Waals surface area contributed by atoms with Crippen molar-refractivity contribution < 1.29 is 83.9 Å². The molecule has 3 aromatic rings. The molecule has 0 amide bonds. The first-order chi connectivity index (χ1) is 22.4.